The van der Waals surface area contributed by atoms with Crippen LogP contribution in [0.25, 0.3) is 0 Å². The van der Waals surface area contributed by atoms with Crippen LogP contribution in [0.4, 0.5) is 28.9 Å². The van der Waals surface area contributed by atoms with Crippen LogP contribution in [-0.4, -0.2) is 32.2 Å². The van der Waals surface area contributed by atoms with Gasteiger partial charge in [0, 0.05) is 23.8 Å². The summed E-state index contributed by atoms with van der Waals surface area (Å²) in [6.45, 7) is 1.79. The van der Waals surface area contributed by atoms with Gasteiger partial charge in [0.05, 0.1) is 30.0 Å². The Balaban J connectivity index is 1.92. The Morgan fingerprint density at radius 1 is 1.11 bits per heavy atom. The third-order valence-corrected chi connectivity index (χ3v) is 4.34. The molecule has 0 unspecified atom stereocenters. The number of benzene rings is 2. The smallest absolute Gasteiger partial charge is 0.378 e. The number of anilines is 2. The van der Waals surface area contributed by atoms with Crippen molar-refractivity contribution in [2.24, 2.45) is 0 Å². The molecule has 1 amide bonds. The first-order valence-corrected chi connectivity index (χ1v) is 8.44. The molecule has 0 atom stereocenters. The molecular weight excluding hydrogens is 388 g/mol. The number of halogens is 5. The van der Waals surface area contributed by atoms with Crippen molar-refractivity contribution in [3.05, 3.63) is 58.4 Å². The van der Waals surface area contributed by atoms with E-state index < -0.39 is 34.7 Å². The molecule has 9 heteroatoms. The number of carbonyl (C=O) groups is 1. The maximum atomic E-state index is 13.8. The molecule has 0 saturated carbocycles. The van der Waals surface area contributed by atoms with Crippen molar-refractivity contribution in [2.45, 2.75) is 6.18 Å². The summed E-state index contributed by atoms with van der Waals surface area (Å²) >= 11 is 5.73. The maximum absolute atomic E-state index is 13.8. The summed E-state index contributed by atoms with van der Waals surface area (Å²) in [5, 5.41) is 2.23. The minimum absolute atomic E-state index is 0.0975. The average Bonchev–Trinajstić information content (AvgIpc) is 2.64. The number of nitrogens with zero attached hydrogens (tertiary/aromatic N) is 1. The molecule has 0 aromatic heterocycles. The monoisotopic (exact) mass is 402 g/mol. The Morgan fingerprint density at radius 2 is 1.81 bits per heavy atom. The minimum Gasteiger partial charge on any atom is -0.378 e. The largest absolute Gasteiger partial charge is 0.418 e. The molecule has 3 rings (SSSR count). The van der Waals surface area contributed by atoms with Gasteiger partial charge in [-0.1, -0.05) is 11.6 Å². The van der Waals surface area contributed by atoms with E-state index in [0.717, 1.165) is 24.3 Å². The van der Waals surface area contributed by atoms with Gasteiger partial charge in [0.1, 0.15) is 5.82 Å². The molecular formula is C18H15ClF4N2O2. The molecule has 2 aromatic rings. The van der Waals surface area contributed by atoms with Crippen LogP contribution < -0.4 is 10.2 Å². The number of hydrogen-bond donors (Lipinski definition) is 1. The van der Waals surface area contributed by atoms with E-state index in [2.05, 4.69) is 5.32 Å². The standard InChI is InChI=1S/C18H15ClF4N2O2/c19-11-1-3-15(20)13(9-11)17(26)24-16-4-2-12(10-14(16)18(21,22)23)25-5-7-27-8-6-25/h1-4,9-10H,5-8H2,(H,24,26). The molecule has 0 spiro atoms. The first kappa shape index (κ1) is 19.4. The van der Waals surface area contributed by atoms with E-state index in [-0.39, 0.29) is 5.02 Å². The number of nitrogens with one attached hydrogen (secondary N) is 1. The number of ether oxygens (including phenoxy) is 1. The Labute approximate surface area is 157 Å². The summed E-state index contributed by atoms with van der Waals surface area (Å²) in [5.41, 5.74) is -1.53. The summed E-state index contributed by atoms with van der Waals surface area (Å²) in [6.07, 6.45) is -4.70. The second kappa shape index (κ2) is 7.74. The third kappa shape index (κ3) is 4.51. The highest BCUT2D eigenvalue weighted by atomic mass is 35.5. The number of carbonyl (C=O) groups excluding carboxylic acids is 1. The first-order valence-electron chi connectivity index (χ1n) is 8.06. The molecule has 27 heavy (non-hydrogen) atoms. The lowest BCUT2D eigenvalue weighted by Gasteiger charge is -2.29. The lowest BCUT2D eigenvalue weighted by Crippen LogP contribution is -2.36. The molecule has 1 N–H and O–H groups in total. The summed E-state index contributed by atoms with van der Waals surface area (Å²) in [7, 11) is 0. The summed E-state index contributed by atoms with van der Waals surface area (Å²) in [5.74, 6) is -1.89. The van der Waals surface area contributed by atoms with Crippen LogP contribution in [0.1, 0.15) is 15.9 Å². The molecule has 0 bridgehead atoms. The van der Waals surface area contributed by atoms with Gasteiger partial charge in [-0.05, 0) is 36.4 Å². The van der Waals surface area contributed by atoms with Crippen LogP contribution in [0.5, 0.6) is 0 Å². The second-order valence-electron chi connectivity index (χ2n) is 5.91. The van der Waals surface area contributed by atoms with Gasteiger partial charge in [-0.15, -0.1) is 0 Å². The summed E-state index contributed by atoms with van der Waals surface area (Å²) in [4.78, 5) is 14.0. The Kier molecular flexibility index (Phi) is 5.57. The van der Waals surface area contributed by atoms with Crippen molar-refractivity contribution in [3.8, 4) is 0 Å². The van der Waals surface area contributed by atoms with E-state index in [4.69, 9.17) is 16.3 Å². The average molecular weight is 403 g/mol. The number of alkyl halides is 3. The highest BCUT2D eigenvalue weighted by Crippen LogP contribution is 2.37. The van der Waals surface area contributed by atoms with E-state index in [1.807, 2.05) is 0 Å². The number of morpholine rings is 1. The normalized spacial score (nSPS) is 14.9. The number of hydrogen-bond acceptors (Lipinski definition) is 3. The van der Waals surface area contributed by atoms with Gasteiger partial charge in [0.25, 0.3) is 5.91 Å². The zero-order valence-electron chi connectivity index (χ0n) is 13.9. The van der Waals surface area contributed by atoms with Gasteiger partial charge in [-0.2, -0.15) is 13.2 Å². The summed E-state index contributed by atoms with van der Waals surface area (Å²) in [6, 6.07) is 6.88. The molecule has 2 aromatic carbocycles. The Hall–Kier alpha value is -2.32. The van der Waals surface area contributed by atoms with E-state index >= 15 is 0 Å². The quantitative estimate of drug-likeness (QED) is 0.764. The van der Waals surface area contributed by atoms with Crippen molar-refractivity contribution in [2.75, 3.05) is 36.5 Å². The zero-order valence-corrected chi connectivity index (χ0v) is 14.7. The Morgan fingerprint density at radius 3 is 2.48 bits per heavy atom. The summed E-state index contributed by atoms with van der Waals surface area (Å²) < 4.78 is 59.5. The van der Waals surface area contributed by atoms with Gasteiger partial charge < -0.3 is 15.0 Å². The Bertz CT molecular complexity index is 852. The molecule has 4 nitrogen and oxygen atoms in total. The molecule has 1 aliphatic heterocycles. The number of rotatable bonds is 3. The fourth-order valence-electron chi connectivity index (χ4n) is 2.76. The molecule has 1 saturated heterocycles. The number of amides is 1. The van der Waals surface area contributed by atoms with E-state index in [1.54, 1.807) is 4.90 Å². The van der Waals surface area contributed by atoms with Crippen LogP contribution in [-0.2, 0) is 10.9 Å². The predicted molar refractivity (Wildman–Crippen MR) is 93.8 cm³/mol. The van der Waals surface area contributed by atoms with Crippen LogP contribution in [0, 0.1) is 5.82 Å². The molecule has 0 radical (unpaired) electrons. The molecule has 0 aliphatic carbocycles. The van der Waals surface area contributed by atoms with Crippen LogP contribution in [0.2, 0.25) is 5.02 Å². The first-order chi connectivity index (χ1) is 12.8. The second-order valence-corrected chi connectivity index (χ2v) is 6.34. The molecule has 144 valence electrons. The molecule has 1 aliphatic rings. The van der Waals surface area contributed by atoms with Gasteiger partial charge in [-0.3, -0.25) is 4.79 Å². The topological polar surface area (TPSA) is 41.6 Å². The van der Waals surface area contributed by atoms with Crippen molar-refractivity contribution in [1.29, 1.82) is 0 Å². The van der Waals surface area contributed by atoms with E-state index in [0.29, 0.717) is 32.0 Å². The van der Waals surface area contributed by atoms with Crippen LogP contribution in [0.15, 0.2) is 36.4 Å². The van der Waals surface area contributed by atoms with Crippen LogP contribution in [0.3, 0.4) is 0 Å². The lowest BCUT2D eigenvalue weighted by molar-refractivity contribution is -0.136. The van der Waals surface area contributed by atoms with Gasteiger partial charge in [-0.25, -0.2) is 4.39 Å². The fourth-order valence-corrected chi connectivity index (χ4v) is 2.93. The van der Waals surface area contributed by atoms with Crippen molar-refractivity contribution in [1.82, 2.24) is 0 Å². The van der Waals surface area contributed by atoms with Gasteiger partial charge >= 0.3 is 6.18 Å². The van der Waals surface area contributed by atoms with Gasteiger partial charge in [0.15, 0.2) is 0 Å². The maximum Gasteiger partial charge on any atom is 0.418 e. The molecule has 1 heterocycles. The highest BCUT2D eigenvalue weighted by Gasteiger charge is 2.35. The van der Waals surface area contributed by atoms with Crippen LogP contribution >= 0.6 is 11.6 Å². The fraction of sp³-hybridized carbons (Fsp3) is 0.278. The van der Waals surface area contributed by atoms with Crippen molar-refractivity contribution in [3.63, 3.8) is 0 Å². The SMILES string of the molecule is O=C(Nc1ccc(N2CCOCC2)cc1C(F)(F)F)c1cc(Cl)ccc1F. The van der Waals surface area contributed by atoms with Crippen molar-refractivity contribution < 1.29 is 27.1 Å². The molecule has 1 fully saturated rings. The van der Waals surface area contributed by atoms with Crippen molar-refractivity contribution >= 4 is 28.9 Å². The highest BCUT2D eigenvalue weighted by molar-refractivity contribution is 6.31. The zero-order chi connectivity index (χ0) is 19.6. The van der Waals surface area contributed by atoms with Gasteiger partial charge in [0.2, 0.25) is 0 Å². The van der Waals surface area contributed by atoms with E-state index in [9.17, 15) is 22.4 Å². The lowest BCUT2D eigenvalue weighted by atomic mass is 10.1. The minimum atomic E-state index is -4.70. The van der Waals surface area contributed by atoms with E-state index in [1.165, 1.54) is 12.1 Å². The third-order valence-electron chi connectivity index (χ3n) is 4.11. The predicted octanol–water partition coefficient (Wildman–Crippen LogP) is 4.59.